The maximum atomic E-state index is 4.69. The largest absolute Gasteiger partial charge is 0.307 e. The van der Waals surface area contributed by atoms with Gasteiger partial charge in [-0.25, -0.2) is 9.97 Å². The predicted octanol–water partition coefficient (Wildman–Crippen LogP) is 4.48. The lowest BCUT2D eigenvalue weighted by Crippen LogP contribution is -1.84. The summed E-state index contributed by atoms with van der Waals surface area (Å²) >= 11 is 1.72. The van der Waals surface area contributed by atoms with Crippen molar-refractivity contribution >= 4 is 28.3 Å². The molecule has 4 aromatic rings. The Morgan fingerprint density at radius 3 is 2.82 bits per heavy atom. The first-order valence-electron chi connectivity index (χ1n) is 7.21. The number of hydrogen-bond donors (Lipinski definition) is 0. The Hall–Kier alpha value is -2.33. The third-order valence-corrected chi connectivity index (χ3v) is 4.55. The number of imidazole rings is 1. The van der Waals surface area contributed by atoms with Gasteiger partial charge in [-0.05, 0) is 30.7 Å². The van der Waals surface area contributed by atoms with Crippen LogP contribution in [0.1, 0.15) is 11.3 Å². The Morgan fingerprint density at radius 1 is 0.955 bits per heavy atom. The number of aromatic nitrogens is 3. The SMILES string of the molecule is Cc1ccc2nc(CSc3ccc4ccccc4n3)cn2c1. The van der Waals surface area contributed by atoms with Crippen molar-refractivity contribution in [3.63, 3.8) is 0 Å². The molecule has 0 saturated carbocycles. The smallest absolute Gasteiger partial charge is 0.137 e. The van der Waals surface area contributed by atoms with Crippen molar-refractivity contribution in [1.29, 1.82) is 0 Å². The molecule has 0 aliphatic heterocycles. The molecule has 22 heavy (non-hydrogen) atoms. The zero-order valence-electron chi connectivity index (χ0n) is 12.2. The fourth-order valence-electron chi connectivity index (χ4n) is 2.50. The van der Waals surface area contributed by atoms with Crippen LogP contribution >= 0.6 is 11.8 Å². The second-order valence-electron chi connectivity index (χ2n) is 5.34. The highest BCUT2D eigenvalue weighted by molar-refractivity contribution is 7.98. The van der Waals surface area contributed by atoms with Gasteiger partial charge in [0.25, 0.3) is 0 Å². The minimum Gasteiger partial charge on any atom is -0.307 e. The van der Waals surface area contributed by atoms with Gasteiger partial charge >= 0.3 is 0 Å². The van der Waals surface area contributed by atoms with Crippen LogP contribution in [0.5, 0.6) is 0 Å². The Morgan fingerprint density at radius 2 is 1.86 bits per heavy atom. The second-order valence-corrected chi connectivity index (χ2v) is 6.33. The van der Waals surface area contributed by atoms with E-state index < -0.39 is 0 Å². The topological polar surface area (TPSA) is 30.2 Å². The normalized spacial score (nSPS) is 11.3. The number of nitrogens with zero attached hydrogens (tertiary/aromatic N) is 3. The lowest BCUT2D eigenvalue weighted by Gasteiger charge is -2.01. The summed E-state index contributed by atoms with van der Waals surface area (Å²) in [6.07, 6.45) is 4.20. The van der Waals surface area contributed by atoms with Gasteiger partial charge in [0.05, 0.1) is 16.2 Å². The molecule has 4 heteroatoms. The molecule has 3 aromatic heterocycles. The van der Waals surface area contributed by atoms with Crippen molar-refractivity contribution < 1.29 is 0 Å². The zero-order chi connectivity index (χ0) is 14.9. The minimum atomic E-state index is 0.825. The summed E-state index contributed by atoms with van der Waals surface area (Å²) in [6.45, 7) is 2.09. The fraction of sp³-hybridized carbons (Fsp3) is 0.111. The highest BCUT2D eigenvalue weighted by Gasteiger charge is 2.04. The van der Waals surface area contributed by atoms with Gasteiger partial charge in [-0.15, -0.1) is 0 Å². The molecule has 0 aliphatic rings. The van der Waals surface area contributed by atoms with Gasteiger partial charge in [0, 0.05) is 23.5 Å². The number of fused-ring (bicyclic) bond motifs is 2. The maximum absolute atomic E-state index is 4.69. The number of para-hydroxylation sites is 1. The predicted molar refractivity (Wildman–Crippen MR) is 91.2 cm³/mol. The van der Waals surface area contributed by atoms with E-state index in [1.807, 2.05) is 18.2 Å². The van der Waals surface area contributed by atoms with Crippen molar-refractivity contribution in [3.8, 4) is 0 Å². The molecule has 0 saturated heterocycles. The van der Waals surface area contributed by atoms with E-state index in [0.29, 0.717) is 0 Å². The van der Waals surface area contributed by atoms with Crippen molar-refractivity contribution in [2.45, 2.75) is 17.7 Å². The lowest BCUT2D eigenvalue weighted by molar-refractivity contribution is 1.15. The Balaban J connectivity index is 1.56. The monoisotopic (exact) mass is 305 g/mol. The molecule has 4 rings (SSSR count). The number of thioether (sulfide) groups is 1. The summed E-state index contributed by atoms with van der Waals surface area (Å²) < 4.78 is 2.08. The van der Waals surface area contributed by atoms with Gasteiger partial charge < -0.3 is 4.40 Å². The first kappa shape index (κ1) is 13.3. The van der Waals surface area contributed by atoms with Gasteiger partial charge in [-0.2, -0.15) is 0 Å². The van der Waals surface area contributed by atoms with Crippen LogP contribution in [0.3, 0.4) is 0 Å². The van der Waals surface area contributed by atoms with Crippen LogP contribution in [0.4, 0.5) is 0 Å². The van der Waals surface area contributed by atoms with E-state index >= 15 is 0 Å². The van der Waals surface area contributed by atoms with Crippen molar-refractivity contribution in [2.75, 3.05) is 0 Å². The molecule has 0 spiro atoms. The highest BCUT2D eigenvalue weighted by Crippen LogP contribution is 2.23. The summed E-state index contributed by atoms with van der Waals surface area (Å²) in [6, 6.07) is 16.5. The molecule has 0 N–H and O–H groups in total. The highest BCUT2D eigenvalue weighted by atomic mass is 32.2. The summed E-state index contributed by atoms with van der Waals surface area (Å²) in [5, 5.41) is 2.21. The summed E-state index contributed by atoms with van der Waals surface area (Å²) in [5.41, 5.74) is 4.34. The third kappa shape index (κ3) is 2.57. The van der Waals surface area contributed by atoms with Crippen molar-refractivity contribution in [2.24, 2.45) is 0 Å². The Kier molecular flexibility index (Phi) is 3.31. The van der Waals surface area contributed by atoms with Crippen LogP contribution in [0.15, 0.2) is 66.0 Å². The van der Waals surface area contributed by atoms with Crippen molar-refractivity contribution in [3.05, 3.63) is 72.2 Å². The van der Waals surface area contributed by atoms with E-state index in [9.17, 15) is 0 Å². The maximum Gasteiger partial charge on any atom is 0.137 e. The molecular formula is C18H15N3S. The Bertz CT molecular complexity index is 959. The van der Waals surface area contributed by atoms with Crippen LogP contribution in [0.2, 0.25) is 0 Å². The van der Waals surface area contributed by atoms with E-state index in [1.54, 1.807) is 11.8 Å². The average molecular weight is 305 g/mol. The summed E-state index contributed by atoms with van der Waals surface area (Å²) in [5.74, 6) is 0.825. The van der Waals surface area contributed by atoms with E-state index in [-0.39, 0.29) is 0 Å². The van der Waals surface area contributed by atoms with Gasteiger partial charge in [0.1, 0.15) is 5.65 Å². The summed E-state index contributed by atoms with van der Waals surface area (Å²) in [4.78, 5) is 9.33. The average Bonchev–Trinajstić information content (AvgIpc) is 2.94. The molecule has 0 fully saturated rings. The standard InChI is InChI=1S/C18H15N3S/c1-13-6-8-17-19-15(11-21(17)10-13)12-22-18-9-7-14-4-2-3-5-16(14)20-18/h2-11H,12H2,1H3. The molecule has 1 aromatic carbocycles. The Labute approximate surface area is 133 Å². The van der Waals surface area contributed by atoms with E-state index in [0.717, 1.165) is 27.6 Å². The molecule has 3 heterocycles. The number of rotatable bonds is 3. The minimum absolute atomic E-state index is 0.825. The molecule has 0 unspecified atom stereocenters. The molecule has 0 aliphatic carbocycles. The number of aryl methyl sites for hydroxylation is 1. The van der Waals surface area contributed by atoms with Gasteiger partial charge in [0.2, 0.25) is 0 Å². The second kappa shape index (κ2) is 5.46. The molecule has 0 amide bonds. The van der Waals surface area contributed by atoms with Gasteiger partial charge in [0.15, 0.2) is 0 Å². The number of benzene rings is 1. The van der Waals surface area contributed by atoms with E-state index in [2.05, 4.69) is 64.0 Å². The van der Waals surface area contributed by atoms with Crippen LogP contribution in [0, 0.1) is 6.92 Å². The summed E-state index contributed by atoms with van der Waals surface area (Å²) in [7, 11) is 0. The van der Waals surface area contributed by atoms with E-state index in [1.165, 1.54) is 10.9 Å². The van der Waals surface area contributed by atoms with Crippen LogP contribution < -0.4 is 0 Å². The van der Waals surface area contributed by atoms with Gasteiger partial charge in [-0.3, -0.25) is 0 Å². The molecule has 0 radical (unpaired) electrons. The van der Waals surface area contributed by atoms with Gasteiger partial charge in [-0.1, -0.05) is 42.1 Å². The number of pyridine rings is 2. The first-order valence-corrected chi connectivity index (χ1v) is 8.19. The first-order chi connectivity index (χ1) is 10.8. The third-order valence-electron chi connectivity index (χ3n) is 3.59. The molecule has 3 nitrogen and oxygen atoms in total. The van der Waals surface area contributed by atoms with Crippen LogP contribution in [0.25, 0.3) is 16.6 Å². The van der Waals surface area contributed by atoms with E-state index in [4.69, 9.17) is 0 Å². The molecular weight excluding hydrogens is 290 g/mol. The number of hydrogen-bond acceptors (Lipinski definition) is 3. The van der Waals surface area contributed by atoms with Crippen LogP contribution in [-0.4, -0.2) is 14.4 Å². The van der Waals surface area contributed by atoms with Crippen molar-refractivity contribution in [1.82, 2.24) is 14.4 Å². The molecule has 0 atom stereocenters. The molecule has 108 valence electrons. The van der Waals surface area contributed by atoms with Crippen LogP contribution in [-0.2, 0) is 5.75 Å². The lowest BCUT2D eigenvalue weighted by atomic mass is 10.2. The fourth-order valence-corrected chi connectivity index (χ4v) is 3.26. The molecule has 0 bridgehead atoms. The zero-order valence-corrected chi connectivity index (χ0v) is 13.0. The quantitative estimate of drug-likeness (QED) is 0.523.